The molecule has 2 aromatic rings. The average Bonchev–Trinajstić information content (AvgIpc) is 2.51. The van der Waals surface area contributed by atoms with Crippen molar-refractivity contribution in [1.29, 1.82) is 0 Å². The van der Waals surface area contributed by atoms with Crippen LogP contribution in [-0.2, 0) is 5.41 Å². The summed E-state index contributed by atoms with van der Waals surface area (Å²) in [5, 5.41) is 0. The number of allylic oxidation sites excluding steroid dienone is 2. The van der Waals surface area contributed by atoms with Crippen molar-refractivity contribution < 1.29 is 8.78 Å². The fraction of sp³-hybridized carbons (Fsp3) is 0.238. The highest BCUT2D eigenvalue weighted by Crippen LogP contribution is 2.33. The van der Waals surface area contributed by atoms with E-state index in [2.05, 4.69) is 13.8 Å². The van der Waals surface area contributed by atoms with Crippen LogP contribution < -0.4 is 0 Å². The van der Waals surface area contributed by atoms with E-state index >= 15 is 0 Å². The van der Waals surface area contributed by atoms with Gasteiger partial charge in [0.15, 0.2) is 0 Å². The predicted octanol–water partition coefficient (Wildman–Crippen LogP) is 6.36. The molecule has 0 heterocycles. The van der Waals surface area contributed by atoms with E-state index < -0.39 is 0 Å². The highest BCUT2D eigenvalue weighted by atomic mass is 19.1. The molecule has 2 heteroatoms. The number of rotatable bonds is 4. The molecular formula is C21H22F2. The molecule has 0 nitrogen and oxygen atoms in total. The van der Waals surface area contributed by atoms with Crippen LogP contribution >= 0.6 is 0 Å². The third-order valence-electron chi connectivity index (χ3n) is 4.13. The Balaban J connectivity index is 2.53. The van der Waals surface area contributed by atoms with Crippen molar-refractivity contribution in [2.24, 2.45) is 0 Å². The zero-order valence-electron chi connectivity index (χ0n) is 14.0. The largest absolute Gasteiger partial charge is 0.206 e. The van der Waals surface area contributed by atoms with Crippen molar-refractivity contribution in [3.8, 4) is 0 Å². The maximum Gasteiger partial charge on any atom is 0.130 e. The van der Waals surface area contributed by atoms with Crippen molar-refractivity contribution >= 4 is 12.2 Å². The molecule has 0 aliphatic carbocycles. The van der Waals surface area contributed by atoms with Gasteiger partial charge in [-0.15, -0.1) is 0 Å². The highest BCUT2D eigenvalue weighted by Gasteiger charge is 2.24. The number of benzene rings is 2. The number of halogens is 2. The van der Waals surface area contributed by atoms with E-state index in [1.54, 1.807) is 24.3 Å². The van der Waals surface area contributed by atoms with E-state index in [1.807, 2.05) is 38.1 Å². The minimum atomic E-state index is -0.353. The van der Waals surface area contributed by atoms with Gasteiger partial charge in [0.1, 0.15) is 11.6 Å². The van der Waals surface area contributed by atoms with E-state index in [-0.39, 0.29) is 17.0 Å². The summed E-state index contributed by atoms with van der Waals surface area (Å²) >= 11 is 0. The Bertz CT molecular complexity index is 689. The molecule has 0 unspecified atom stereocenters. The molecule has 0 spiro atoms. The minimum Gasteiger partial charge on any atom is -0.206 e. The third-order valence-corrected chi connectivity index (χ3v) is 4.13. The molecule has 0 N–H and O–H groups in total. The first kappa shape index (κ1) is 17.1. The molecule has 23 heavy (non-hydrogen) atoms. The van der Waals surface area contributed by atoms with Crippen LogP contribution in [0.4, 0.5) is 8.78 Å². The Kier molecular flexibility index (Phi) is 5.15. The molecule has 0 saturated carbocycles. The summed E-state index contributed by atoms with van der Waals surface area (Å²) < 4.78 is 27.7. The summed E-state index contributed by atoms with van der Waals surface area (Å²) in [5.41, 5.74) is 2.76. The molecule has 0 aromatic heterocycles. The lowest BCUT2D eigenvalue weighted by Gasteiger charge is -2.27. The van der Waals surface area contributed by atoms with Gasteiger partial charge in [0.2, 0.25) is 0 Å². The highest BCUT2D eigenvalue weighted by molar-refractivity contribution is 5.55. The summed E-state index contributed by atoms with van der Waals surface area (Å²) in [6.45, 7) is 7.85. The Hall–Kier alpha value is -2.22. The number of hydrogen-bond donors (Lipinski definition) is 0. The maximum absolute atomic E-state index is 13.9. The second-order valence-electron chi connectivity index (χ2n) is 6.10. The Morgan fingerprint density at radius 3 is 1.48 bits per heavy atom. The lowest BCUT2D eigenvalue weighted by molar-refractivity contribution is 0.604. The van der Waals surface area contributed by atoms with E-state index in [1.165, 1.54) is 12.1 Å². The van der Waals surface area contributed by atoms with Gasteiger partial charge in [-0.25, -0.2) is 8.78 Å². The van der Waals surface area contributed by atoms with Crippen molar-refractivity contribution in [1.82, 2.24) is 0 Å². The first-order valence-corrected chi connectivity index (χ1v) is 7.75. The molecular weight excluding hydrogens is 290 g/mol. The Labute approximate surface area is 137 Å². The summed E-state index contributed by atoms with van der Waals surface area (Å²) in [4.78, 5) is 0. The van der Waals surface area contributed by atoms with Crippen molar-refractivity contribution in [3.05, 3.63) is 82.4 Å². The lowest BCUT2D eigenvalue weighted by atomic mass is 9.77. The summed E-state index contributed by atoms with van der Waals surface area (Å²) in [5.74, 6) is -0.479. The second kappa shape index (κ2) is 6.91. The zero-order valence-corrected chi connectivity index (χ0v) is 14.0. The minimum absolute atomic E-state index is 0.239. The first-order valence-electron chi connectivity index (χ1n) is 7.75. The molecule has 2 aromatic carbocycles. The van der Waals surface area contributed by atoms with Gasteiger partial charge in [0.25, 0.3) is 0 Å². The molecule has 0 bridgehead atoms. The van der Waals surface area contributed by atoms with Crippen LogP contribution in [0.3, 0.4) is 0 Å². The predicted molar refractivity (Wildman–Crippen MR) is 94.3 cm³/mol. The molecule has 0 aliphatic heterocycles. The third kappa shape index (κ3) is 3.58. The summed E-state index contributed by atoms with van der Waals surface area (Å²) in [7, 11) is 0. The first-order chi connectivity index (χ1) is 10.9. The van der Waals surface area contributed by atoms with E-state index in [0.717, 1.165) is 11.1 Å². The molecule has 0 atom stereocenters. The van der Waals surface area contributed by atoms with E-state index in [9.17, 15) is 8.78 Å². The normalized spacial score (nSPS) is 12.4. The van der Waals surface area contributed by atoms with Gasteiger partial charge in [-0.1, -0.05) is 50.3 Å². The van der Waals surface area contributed by atoms with Crippen LogP contribution in [0.15, 0.2) is 48.6 Å². The van der Waals surface area contributed by atoms with Gasteiger partial charge >= 0.3 is 0 Å². The van der Waals surface area contributed by atoms with E-state index in [4.69, 9.17) is 0 Å². The van der Waals surface area contributed by atoms with Crippen LogP contribution in [0.2, 0.25) is 0 Å². The molecule has 0 saturated heterocycles. The molecule has 0 aliphatic rings. The SMILES string of the molecule is C/C=C\c1cc(C(C)(C)c2ccc(F)c(/C=C\C)c2)ccc1F. The lowest BCUT2D eigenvalue weighted by Crippen LogP contribution is -2.19. The standard InChI is InChI=1S/C21H22F2/c1-5-7-15-13-17(9-11-19(15)22)21(3,4)18-10-12-20(23)16(14-18)8-6-2/h5-14H,1-4H3/b7-5-,8-6-. The Morgan fingerprint density at radius 1 is 0.739 bits per heavy atom. The molecule has 120 valence electrons. The van der Waals surface area contributed by atoms with Gasteiger partial charge in [-0.2, -0.15) is 0 Å². The van der Waals surface area contributed by atoms with Gasteiger partial charge < -0.3 is 0 Å². The van der Waals surface area contributed by atoms with Crippen molar-refractivity contribution in [2.45, 2.75) is 33.1 Å². The van der Waals surface area contributed by atoms with Gasteiger partial charge in [-0.05, 0) is 49.2 Å². The average molecular weight is 312 g/mol. The van der Waals surface area contributed by atoms with Crippen LogP contribution in [0.25, 0.3) is 12.2 Å². The molecule has 0 radical (unpaired) electrons. The smallest absolute Gasteiger partial charge is 0.130 e. The molecule has 0 fully saturated rings. The van der Waals surface area contributed by atoms with Gasteiger partial charge in [-0.3, -0.25) is 0 Å². The van der Waals surface area contributed by atoms with Gasteiger partial charge in [0.05, 0.1) is 0 Å². The maximum atomic E-state index is 13.9. The monoisotopic (exact) mass is 312 g/mol. The zero-order chi connectivity index (χ0) is 17.0. The molecule has 2 rings (SSSR count). The second-order valence-corrected chi connectivity index (χ2v) is 6.10. The molecule has 0 amide bonds. The summed E-state index contributed by atoms with van der Waals surface area (Å²) in [6, 6.07) is 10.3. The van der Waals surface area contributed by atoms with Crippen LogP contribution in [0, 0.1) is 11.6 Å². The number of hydrogen-bond acceptors (Lipinski definition) is 0. The fourth-order valence-electron chi connectivity index (χ4n) is 2.65. The quantitative estimate of drug-likeness (QED) is 0.616. The van der Waals surface area contributed by atoms with Crippen LogP contribution in [0.1, 0.15) is 49.9 Å². The van der Waals surface area contributed by atoms with Crippen LogP contribution in [-0.4, -0.2) is 0 Å². The Morgan fingerprint density at radius 2 is 1.13 bits per heavy atom. The fourth-order valence-corrected chi connectivity index (χ4v) is 2.65. The van der Waals surface area contributed by atoms with Crippen molar-refractivity contribution in [3.63, 3.8) is 0 Å². The van der Waals surface area contributed by atoms with Crippen molar-refractivity contribution in [2.75, 3.05) is 0 Å². The van der Waals surface area contributed by atoms with Gasteiger partial charge in [0, 0.05) is 16.5 Å². The summed E-state index contributed by atoms with van der Waals surface area (Å²) in [6.07, 6.45) is 7.14. The van der Waals surface area contributed by atoms with E-state index in [0.29, 0.717) is 11.1 Å². The topological polar surface area (TPSA) is 0 Å². The van der Waals surface area contributed by atoms with Crippen LogP contribution in [0.5, 0.6) is 0 Å².